The van der Waals surface area contributed by atoms with Crippen molar-refractivity contribution < 1.29 is 4.79 Å². The van der Waals surface area contributed by atoms with E-state index in [1.165, 1.54) is 18.2 Å². The first-order valence-electron chi connectivity index (χ1n) is 10.5. The molecule has 6 nitrogen and oxygen atoms in total. The highest BCUT2D eigenvalue weighted by Crippen LogP contribution is 2.44. The van der Waals surface area contributed by atoms with Crippen LogP contribution >= 0.6 is 11.8 Å². The molecular formula is C23H25N5OS. The van der Waals surface area contributed by atoms with Crippen molar-refractivity contribution in [3.8, 4) is 11.4 Å². The first-order chi connectivity index (χ1) is 14.6. The lowest BCUT2D eigenvalue weighted by molar-refractivity contribution is -0.117. The standard InChI is InChI=1S/C23H25N5OS/c1-16-9-8-12-18(15-16)24-21(29)19-23(13-6-3-7-14-23)27-28-20(25-26-22(28)30-19)17-10-4-2-5-11-17/h2,4-5,8-12,15,19,27H,3,6-7,13-14H2,1H3,(H,24,29)/t19-/m0/s1. The summed E-state index contributed by atoms with van der Waals surface area (Å²) in [6.45, 7) is 2.03. The molecule has 1 spiro atoms. The van der Waals surface area contributed by atoms with Gasteiger partial charge in [0.2, 0.25) is 11.1 Å². The Balaban J connectivity index is 1.49. The molecule has 1 atom stereocenters. The summed E-state index contributed by atoms with van der Waals surface area (Å²) in [7, 11) is 0. The monoisotopic (exact) mass is 419 g/mol. The van der Waals surface area contributed by atoms with Crippen molar-refractivity contribution in [2.45, 2.75) is 55.0 Å². The number of thioether (sulfide) groups is 1. The van der Waals surface area contributed by atoms with Gasteiger partial charge in [0.05, 0.1) is 5.54 Å². The highest BCUT2D eigenvalue weighted by atomic mass is 32.2. The van der Waals surface area contributed by atoms with Crippen LogP contribution in [0.25, 0.3) is 11.4 Å². The zero-order chi connectivity index (χ0) is 20.6. The maximum Gasteiger partial charge on any atom is 0.240 e. The van der Waals surface area contributed by atoms with Gasteiger partial charge in [-0.1, -0.05) is 73.5 Å². The molecule has 0 radical (unpaired) electrons. The third-order valence-corrected chi connectivity index (χ3v) is 7.37. The molecule has 2 heterocycles. The Labute approximate surface area is 180 Å². The van der Waals surface area contributed by atoms with Crippen LogP contribution in [-0.2, 0) is 4.79 Å². The number of carbonyl (C=O) groups is 1. The Morgan fingerprint density at radius 2 is 1.90 bits per heavy atom. The second-order valence-corrected chi connectivity index (χ2v) is 9.27. The van der Waals surface area contributed by atoms with Crippen molar-refractivity contribution in [3.63, 3.8) is 0 Å². The van der Waals surface area contributed by atoms with E-state index in [-0.39, 0.29) is 16.7 Å². The third kappa shape index (κ3) is 3.47. The predicted octanol–water partition coefficient (Wildman–Crippen LogP) is 4.61. The fourth-order valence-electron chi connectivity index (χ4n) is 4.51. The number of aromatic nitrogens is 3. The Bertz CT molecular complexity index is 1060. The molecule has 7 heteroatoms. The van der Waals surface area contributed by atoms with Crippen LogP contribution in [-0.4, -0.2) is 31.6 Å². The van der Waals surface area contributed by atoms with Crippen molar-refractivity contribution in [2.75, 3.05) is 10.7 Å². The number of nitrogens with zero attached hydrogens (tertiary/aromatic N) is 3. The number of amides is 1. The largest absolute Gasteiger partial charge is 0.325 e. The van der Waals surface area contributed by atoms with E-state index in [0.717, 1.165) is 53.5 Å². The minimum Gasteiger partial charge on any atom is -0.325 e. The summed E-state index contributed by atoms with van der Waals surface area (Å²) in [5.41, 5.74) is 6.36. The lowest BCUT2D eigenvalue weighted by Crippen LogP contribution is -2.59. The van der Waals surface area contributed by atoms with E-state index < -0.39 is 0 Å². The van der Waals surface area contributed by atoms with Gasteiger partial charge in [0.1, 0.15) is 5.25 Å². The quantitative estimate of drug-likeness (QED) is 0.648. The van der Waals surface area contributed by atoms with Gasteiger partial charge >= 0.3 is 0 Å². The summed E-state index contributed by atoms with van der Waals surface area (Å²) >= 11 is 1.52. The van der Waals surface area contributed by atoms with Gasteiger partial charge in [-0.05, 0) is 37.5 Å². The van der Waals surface area contributed by atoms with Crippen LogP contribution < -0.4 is 10.7 Å². The summed E-state index contributed by atoms with van der Waals surface area (Å²) in [5.74, 6) is 0.816. The fraction of sp³-hybridized carbons (Fsp3) is 0.348. The molecule has 2 aliphatic rings. The number of fused-ring (bicyclic) bond motifs is 1. The van der Waals surface area contributed by atoms with Gasteiger partial charge in [-0.25, -0.2) is 4.68 Å². The molecule has 5 rings (SSSR count). The van der Waals surface area contributed by atoms with Gasteiger partial charge in [-0.3, -0.25) is 4.79 Å². The van der Waals surface area contributed by atoms with Crippen LogP contribution in [0, 0.1) is 6.92 Å². The summed E-state index contributed by atoms with van der Waals surface area (Å²) in [4.78, 5) is 13.4. The molecule has 3 aromatic rings. The molecule has 30 heavy (non-hydrogen) atoms. The van der Waals surface area contributed by atoms with Crippen LogP contribution in [0.5, 0.6) is 0 Å². The minimum atomic E-state index is -0.310. The van der Waals surface area contributed by atoms with E-state index in [1.54, 1.807) is 0 Å². The zero-order valence-corrected chi connectivity index (χ0v) is 17.8. The molecule has 2 N–H and O–H groups in total. The number of hydrogen-bond acceptors (Lipinski definition) is 5. The van der Waals surface area contributed by atoms with Crippen LogP contribution in [0.15, 0.2) is 59.8 Å². The number of anilines is 1. The Kier molecular flexibility index (Phi) is 4.98. The second kappa shape index (κ2) is 7.80. The van der Waals surface area contributed by atoms with E-state index in [1.807, 2.05) is 66.2 Å². The summed E-state index contributed by atoms with van der Waals surface area (Å²) in [5, 5.41) is 12.4. The molecule has 0 unspecified atom stereocenters. The fourth-order valence-corrected chi connectivity index (χ4v) is 5.73. The molecule has 154 valence electrons. The van der Waals surface area contributed by atoms with Gasteiger partial charge < -0.3 is 10.7 Å². The first-order valence-corrected chi connectivity index (χ1v) is 11.4. The van der Waals surface area contributed by atoms with E-state index in [4.69, 9.17) is 0 Å². The van der Waals surface area contributed by atoms with Crippen molar-refractivity contribution in [1.82, 2.24) is 14.9 Å². The van der Waals surface area contributed by atoms with Crippen molar-refractivity contribution >= 4 is 23.4 Å². The molecule has 0 saturated heterocycles. The summed E-state index contributed by atoms with van der Waals surface area (Å²) in [6.07, 6.45) is 5.34. The third-order valence-electron chi connectivity index (χ3n) is 5.99. The lowest BCUT2D eigenvalue weighted by atomic mass is 9.79. The number of benzene rings is 2. The number of hydrogen-bond donors (Lipinski definition) is 2. The topological polar surface area (TPSA) is 71.8 Å². The molecule has 1 aliphatic carbocycles. The predicted molar refractivity (Wildman–Crippen MR) is 120 cm³/mol. The lowest BCUT2D eigenvalue weighted by Gasteiger charge is -2.46. The molecule has 1 aliphatic heterocycles. The molecule has 0 bridgehead atoms. The Morgan fingerprint density at radius 1 is 1.10 bits per heavy atom. The number of aryl methyl sites for hydroxylation is 1. The smallest absolute Gasteiger partial charge is 0.240 e. The van der Waals surface area contributed by atoms with Gasteiger partial charge in [0.25, 0.3) is 0 Å². The van der Waals surface area contributed by atoms with Crippen molar-refractivity contribution in [2.24, 2.45) is 0 Å². The molecule has 2 aromatic carbocycles. The van der Waals surface area contributed by atoms with Crippen LogP contribution in [0.4, 0.5) is 5.69 Å². The van der Waals surface area contributed by atoms with Crippen LogP contribution in [0.3, 0.4) is 0 Å². The van der Waals surface area contributed by atoms with Crippen LogP contribution in [0.2, 0.25) is 0 Å². The van der Waals surface area contributed by atoms with Gasteiger partial charge in [-0.2, -0.15) is 0 Å². The highest BCUT2D eigenvalue weighted by Gasteiger charge is 2.49. The van der Waals surface area contributed by atoms with E-state index in [9.17, 15) is 4.79 Å². The SMILES string of the molecule is Cc1cccc(NC(=O)[C@@H]2Sc3nnc(-c4ccccc4)n3NC23CCCCC3)c1. The molecule has 1 saturated carbocycles. The second-order valence-electron chi connectivity index (χ2n) is 8.19. The summed E-state index contributed by atoms with van der Waals surface area (Å²) < 4.78 is 1.99. The average molecular weight is 420 g/mol. The maximum atomic E-state index is 13.4. The molecule has 1 amide bonds. The normalized spacial score (nSPS) is 19.7. The number of carbonyl (C=O) groups excluding carboxylic acids is 1. The van der Waals surface area contributed by atoms with Gasteiger partial charge in [-0.15, -0.1) is 10.2 Å². The maximum absolute atomic E-state index is 13.4. The van der Waals surface area contributed by atoms with Gasteiger partial charge in [0, 0.05) is 11.3 Å². The molecule has 1 aromatic heterocycles. The van der Waals surface area contributed by atoms with Crippen molar-refractivity contribution in [3.05, 3.63) is 60.2 Å². The average Bonchev–Trinajstić information content (AvgIpc) is 3.16. The van der Waals surface area contributed by atoms with Gasteiger partial charge in [0.15, 0.2) is 5.82 Å². The van der Waals surface area contributed by atoms with Crippen LogP contribution in [0.1, 0.15) is 37.7 Å². The zero-order valence-electron chi connectivity index (χ0n) is 17.0. The Morgan fingerprint density at radius 3 is 2.67 bits per heavy atom. The van der Waals surface area contributed by atoms with E-state index >= 15 is 0 Å². The van der Waals surface area contributed by atoms with Crippen molar-refractivity contribution in [1.29, 1.82) is 0 Å². The van der Waals surface area contributed by atoms with E-state index in [2.05, 4.69) is 20.9 Å². The number of nitrogens with one attached hydrogen (secondary N) is 2. The minimum absolute atomic E-state index is 0.0236. The molecule has 1 fully saturated rings. The number of rotatable bonds is 3. The highest BCUT2D eigenvalue weighted by molar-refractivity contribution is 8.00. The van der Waals surface area contributed by atoms with E-state index in [0.29, 0.717) is 0 Å². The summed E-state index contributed by atoms with van der Waals surface area (Å²) in [6, 6.07) is 18.0. The molecular weight excluding hydrogens is 394 g/mol. The Hall–Kier alpha value is -2.80. The first kappa shape index (κ1) is 19.2.